The average Bonchev–Trinajstić information content (AvgIpc) is 2.66. The van der Waals surface area contributed by atoms with Crippen LogP contribution in [0.15, 0.2) is 0 Å². The standard InChI is InChI=1S/C16H26N4O10/c1-7(18-14(27)8(17)6-21)13(26)19-9(2-4-11(22)23)15(28)20-10(16(29)30)3-5-12(24)25/h7-10,21H,2-6,17H2,1H3,(H,18,27)(H,19,26)(H,20,28)(H,22,23)(H,24,25)(H,29,30). The van der Waals surface area contributed by atoms with Gasteiger partial charge < -0.3 is 42.1 Å². The Balaban J connectivity index is 5.18. The Hall–Kier alpha value is -3.26. The van der Waals surface area contributed by atoms with Crippen molar-refractivity contribution in [3.8, 4) is 0 Å². The lowest BCUT2D eigenvalue weighted by atomic mass is 10.1. The summed E-state index contributed by atoms with van der Waals surface area (Å²) >= 11 is 0. The number of hydrogen-bond donors (Lipinski definition) is 8. The third-order valence-electron chi connectivity index (χ3n) is 3.83. The second kappa shape index (κ2) is 13.1. The summed E-state index contributed by atoms with van der Waals surface area (Å²) in [6.45, 7) is 0.577. The number of aliphatic carboxylic acids is 3. The van der Waals surface area contributed by atoms with Crippen LogP contribution in [0.5, 0.6) is 0 Å². The molecule has 9 N–H and O–H groups in total. The number of hydrogen-bond acceptors (Lipinski definition) is 8. The van der Waals surface area contributed by atoms with Crippen molar-refractivity contribution in [2.75, 3.05) is 6.61 Å². The van der Waals surface area contributed by atoms with Crippen molar-refractivity contribution in [2.45, 2.75) is 56.8 Å². The zero-order chi connectivity index (χ0) is 23.4. The number of aliphatic hydroxyl groups excluding tert-OH is 1. The fourth-order valence-corrected chi connectivity index (χ4v) is 2.10. The van der Waals surface area contributed by atoms with E-state index < -0.39 is 92.1 Å². The molecule has 3 amide bonds. The van der Waals surface area contributed by atoms with Crippen LogP contribution in [0.25, 0.3) is 0 Å². The highest BCUT2D eigenvalue weighted by Gasteiger charge is 2.29. The maximum absolute atomic E-state index is 12.4. The number of rotatable bonds is 14. The number of carboxylic acid groups (broad SMARTS) is 3. The summed E-state index contributed by atoms with van der Waals surface area (Å²) in [6, 6.07) is -5.53. The molecule has 0 aliphatic heterocycles. The molecule has 0 radical (unpaired) electrons. The Morgan fingerprint density at radius 2 is 1.23 bits per heavy atom. The molecule has 0 aromatic heterocycles. The number of carboxylic acids is 3. The lowest BCUT2D eigenvalue weighted by Gasteiger charge is -2.23. The van der Waals surface area contributed by atoms with E-state index in [-0.39, 0.29) is 0 Å². The molecule has 0 aliphatic rings. The molecular formula is C16H26N4O10. The molecule has 0 rings (SSSR count). The SMILES string of the molecule is CC(NC(=O)C(N)CO)C(=O)NC(CCC(=O)O)C(=O)NC(CCC(=O)O)C(=O)O. The molecule has 0 spiro atoms. The molecule has 0 aromatic carbocycles. The lowest BCUT2D eigenvalue weighted by Crippen LogP contribution is -2.56. The fourth-order valence-electron chi connectivity index (χ4n) is 2.10. The molecular weight excluding hydrogens is 408 g/mol. The molecule has 14 heteroatoms. The summed E-state index contributed by atoms with van der Waals surface area (Å²) in [7, 11) is 0. The number of nitrogens with one attached hydrogen (secondary N) is 3. The molecule has 170 valence electrons. The van der Waals surface area contributed by atoms with Crippen LogP contribution in [0.1, 0.15) is 32.6 Å². The van der Waals surface area contributed by atoms with Crippen LogP contribution < -0.4 is 21.7 Å². The molecule has 0 bridgehead atoms. The predicted molar refractivity (Wildman–Crippen MR) is 97.9 cm³/mol. The van der Waals surface area contributed by atoms with Gasteiger partial charge in [0.05, 0.1) is 6.61 Å². The highest BCUT2D eigenvalue weighted by Crippen LogP contribution is 2.04. The minimum atomic E-state index is -1.57. The number of carbonyl (C=O) groups excluding carboxylic acids is 3. The van der Waals surface area contributed by atoms with E-state index >= 15 is 0 Å². The monoisotopic (exact) mass is 434 g/mol. The first-order valence-electron chi connectivity index (χ1n) is 8.83. The molecule has 14 nitrogen and oxygen atoms in total. The highest BCUT2D eigenvalue weighted by molar-refractivity contribution is 5.94. The van der Waals surface area contributed by atoms with Crippen LogP contribution in [0.4, 0.5) is 0 Å². The van der Waals surface area contributed by atoms with E-state index in [0.29, 0.717) is 0 Å². The van der Waals surface area contributed by atoms with Crippen molar-refractivity contribution in [1.82, 2.24) is 16.0 Å². The first-order valence-corrected chi connectivity index (χ1v) is 8.83. The van der Waals surface area contributed by atoms with Crippen molar-refractivity contribution in [2.24, 2.45) is 5.73 Å². The van der Waals surface area contributed by atoms with Gasteiger partial charge in [0.25, 0.3) is 0 Å². The molecule has 0 heterocycles. The molecule has 0 fully saturated rings. The van der Waals surface area contributed by atoms with Gasteiger partial charge in [0.15, 0.2) is 0 Å². The van der Waals surface area contributed by atoms with Gasteiger partial charge in [0.1, 0.15) is 24.2 Å². The van der Waals surface area contributed by atoms with Crippen LogP contribution in [0, 0.1) is 0 Å². The van der Waals surface area contributed by atoms with E-state index in [4.69, 9.17) is 26.2 Å². The Morgan fingerprint density at radius 3 is 1.67 bits per heavy atom. The number of carbonyl (C=O) groups is 6. The van der Waals surface area contributed by atoms with E-state index in [1.54, 1.807) is 0 Å². The van der Waals surface area contributed by atoms with Gasteiger partial charge in [0, 0.05) is 12.8 Å². The van der Waals surface area contributed by atoms with Gasteiger partial charge in [-0.3, -0.25) is 24.0 Å². The molecule has 0 aromatic rings. The zero-order valence-electron chi connectivity index (χ0n) is 16.2. The molecule has 4 atom stereocenters. The first-order chi connectivity index (χ1) is 13.9. The van der Waals surface area contributed by atoms with Gasteiger partial charge >= 0.3 is 17.9 Å². The fraction of sp³-hybridized carbons (Fsp3) is 0.625. The maximum atomic E-state index is 12.4. The van der Waals surface area contributed by atoms with Crippen LogP contribution in [0.3, 0.4) is 0 Å². The third kappa shape index (κ3) is 10.3. The summed E-state index contributed by atoms with van der Waals surface area (Å²) in [4.78, 5) is 68.9. The zero-order valence-corrected chi connectivity index (χ0v) is 16.2. The molecule has 30 heavy (non-hydrogen) atoms. The second-order valence-corrected chi connectivity index (χ2v) is 6.34. The van der Waals surface area contributed by atoms with E-state index in [1.165, 1.54) is 6.92 Å². The van der Waals surface area contributed by atoms with Crippen molar-refractivity contribution in [3.05, 3.63) is 0 Å². The summed E-state index contributed by atoms with van der Waals surface area (Å²) in [5.74, 6) is -6.84. The highest BCUT2D eigenvalue weighted by atomic mass is 16.4. The van der Waals surface area contributed by atoms with Gasteiger partial charge in [-0.1, -0.05) is 0 Å². The van der Waals surface area contributed by atoms with Gasteiger partial charge in [-0.15, -0.1) is 0 Å². The topological polar surface area (TPSA) is 245 Å². The smallest absolute Gasteiger partial charge is 0.326 e. The predicted octanol–water partition coefficient (Wildman–Crippen LogP) is -3.41. The lowest BCUT2D eigenvalue weighted by molar-refractivity contribution is -0.144. The van der Waals surface area contributed by atoms with Gasteiger partial charge in [0.2, 0.25) is 17.7 Å². The second-order valence-electron chi connectivity index (χ2n) is 6.34. The van der Waals surface area contributed by atoms with E-state index in [2.05, 4.69) is 16.0 Å². The molecule has 4 unspecified atom stereocenters. The van der Waals surface area contributed by atoms with E-state index in [9.17, 15) is 28.8 Å². The van der Waals surface area contributed by atoms with Crippen LogP contribution in [0.2, 0.25) is 0 Å². The number of nitrogens with two attached hydrogens (primary N) is 1. The third-order valence-corrected chi connectivity index (χ3v) is 3.83. The van der Waals surface area contributed by atoms with Crippen molar-refractivity contribution < 1.29 is 49.2 Å². The summed E-state index contributed by atoms with van der Waals surface area (Å²) < 4.78 is 0. The quantitative estimate of drug-likeness (QED) is 0.134. The van der Waals surface area contributed by atoms with Gasteiger partial charge in [-0.05, 0) is 19.8 Å². The van der Waals surface area contributed by atoms with Crippen molar-refractivity contribution in [3.63, 3.8) is 0 Å². The van der Waals surface area contributed by atoms with E-state index in [0.717, 1.165) is 0 Å². The van der Waals surface area contributed by atoms with Gasteiger partial charge in [-0.2, -0.15) is 0 Å². The Labute approximate surface area is 170 Å². The van der Waals surface area contributed by atoms with Crippen molar-refractivity contribution >= 4 is 35.6 Å². The maximum Gasteiger partial charge on any atom is 0.326 e. The number of aliphatic hydroxyl groups is 1. The minimum absolute atomic E-state index is 0.394. The summed E-state index contributed by atoms with van der Waals surface area (Å²) in [5, 5.41) is 41.8. The average molecular weight is 434 g/mol. The molecule has 0 aliphatic carbocycles. The first kappa shape index (κ1) is 26.7. The van der Waals surface area contributed by atoms with Gasteiger partial charge in [-0.25, -0.2) is 4.79 Å². The summed E-state index contributed by atoms with van der Waals surface area (Å²) in [6.07, 6.45) is -1.91. The number of amides is 3. The van der Waals surface area contributed by atoms with Crippen LogP contribution in [-0.4, -0.2) is 86.8 Å². The molecule has 0 saturated heterocycles. The Kier molecular flexibility index (Phi) is 11.6. The minimum Gasteiger partial charge on any atom is -0.481 e. The van der Waals surface area contributed by atoms with Crippen molar-refractivity contribution in [1.29, 1.82) is 0 Å². The Bertz CT molecular complexity index is 668. The summed E-state index contributed by atoms with van der Waals surface area (Å²) in [5.41, 5.74) is 5.31. The largest absolute Gasteiger partial charge is 0.481 e. The normalized spacial score (nSPS) is 14.5. The Morgan fingerprint density at radius 1 is 0.767 bits per heavy atom. The van der Waals surface area contributed by atoms with Crippen LogP contribution in [-0.2, 0) is 28.8 Å². The molecule has 0 saturated carbocycles. The van der Waals surface area contributed by atoms with Crippen LogP contribution >= 0.6 is 0 Å². The van der Waals surface area contributed by atoms with E-state index in [1.807, 2.05) is 0 Å².